The lowest BCUT2D eigenvalue weighted by Gasteiger charge is -2.31. The van der Waals surface area contributed by atoms with Gasteiger partial charge in [0.25, 0.3) is 5.91 Å². The number of piperidine rings is 1. The summed E-state index contributed by atoms with van der Waals surface area (Å²) >= 11 is 0. The third-order valence-corrected chi connectivity index (χ3v) is 3.36. The van der Waals surface area contributed by atoms with Gasteiger partial charge in [-0.2, -0.15) is 5.10 Å². The van der Waals surface area contributed by atoms with Crippen LogP contribution in [0.1, 0.15) is 28.9 Å². The molecule has 94 valence electrons. The highest BCUT2D eigenvalue weighted by Gasteiger charge is 2.24. The number of aromatic nitrogens is 2. The molecule has 2 rings (SSSR count). The molecule has 0 radical (unpaired) electrons. The van der Waals surface area contributed by atoms with Gasteiger partial charge in [0, 0.05) is 32.5 Å². The first-order valence-electron chi connectivity index (χ1n) is 6.00. The van der Waals surface area contributed by atoms with Gasteiger partial charge in [0.1, 0.15) is 0 Å². The number of likely N-dealkylation sites (tertiary alicyclic amines) is 1. The lowest BCUT2D eigenvalue weighted by molar-refractivity contribution is 0.0613. The number of carbonyl (C=O) groups excluding carboxylic acids is 1. The van der Waals surface area contributed by atoms with Crippen molar-refractivity contribution < 1.29 is 9.53 Å². The van der Waals surface area contributed by atoms with Crippen molar-refractivity contribution in [2.75, 3.05) is 26.8 Å². The summed E-state index contributed by atoms with van der Waals surface area (Å²) in [4.78, 5) is 14.1. The number of methoxy groups -OCH3 is 1. The average Bonchev–Trinajstić information content (AvgIpc) is 2.76. The Labute approximate surface area is 101 Å². The van der Waals surface area contributed by atoms with Crippen LogP contribution in [-0.4, -0.2) is 47.8 Å². The van der Waals surface area contributed by atoms with E-state index in [1.54, 1.807) is 13.3 Å². The number of ether oxygens (including phenoxy) is 1. The van der Waals surface area contributed by atoms with Crippen LogP contribution < -0.4 is 0 Å². The van der Waals surface area contributed by atoms with Crippen molar-refractivity contribution in [2.45, 2.75) is 19.8 Å². The van der Waals surface area contributed by atoms with Gasteiger partial charge in [-0.05, 0) is 25.7 Å². The van der Waals surface area contributed by atoms with Gasteiger partial charge in [0.2, 0.25) is 0 Å². The van der Waals surface area contributed by atoms with Crippen LogP contribution in [0.5, 0.6) is 0 Å². The molecule has 1 N–H and O–H groups in total. The summed E-state index contributed by atoms with van der Waals surface area (Å²) in [5.41, 5.74) is 1.53. The summed E-state index contributed by atoms with van der Waals surface area (Å²) in [5, 5.41) is 6.69. The number of hydrogen-bond acceptors (Lipinski definition) is 3. The molecule has 1 aromatic heterocycles. The predicted octanol–water partition coefficient (Wildman–Crippen LogP) is 1.22. The van der Waals surface area contributed by atoms with Gasteiger partial charge in [-0.15, -0.1) is 0 Å². The molecule has 1 saturated heterocycles. The molecule has 0 atom stereocenters. The highest BCUT2D eigenvalue weighted by Crippen LogP contribution is 2.19. The van der Waals surface area contributed by atoms with Crippen molar-refractivity contribution in [1.29, 1.82) is 0 Å². The van der Waals surface area contributed by atoms with Crippen LogP contribution in [0.25, 0.3) is 0 Å². The summed E-state index contributed by atoms with van der Waals surface area (Å²) in [6, 6.07) is 0. The number of aryl methyl sites for hydroxylation is 1. The zero-order valence-electron chi connectivity index (χ0n) is 10.4. The van der Waals surface area contributed by atoms with E-state index in [0.29, 0.717) is 11.5 Å². The molecular weight excluding hydrogens is 218 g/mol. The number of rotatable bonds is 3. The Kier molecular flexibility index (Phi) is 3.78. The SMILES string of the molecule is COCC1CCN(C(=O)c2cn[nH]c2C)CC1. The van der Waals surface area contributed by atoms with E-state index in [1.807, 2.05) is 11.8 Å². The van der Waals surface area contributed by atoms with Crippen LogP contribution in [-0.2, 0) is 4.74 Å². The van der Waals surface area contributed by atoms with Gasteiger partial charge in [-0.25, -0.2) is 0 Å². The van der Waals surface area contributed by atoms with Crippen LogP contribution in [0.2, 0.25) is 0 Å². The maximum absolute atomic E-state index is 12.2. The normalized spacial score (nSPS) is 17.4. The molecule has 0 bridgehead atoms. The molecule has 0 spiro atoms. The molecule has 0 saturated carbocycles. The van der Waals surface area contributed by atoms with Crippen molar-refractivity contribution >= 4 is 5.91 Å². The molecule has 1 fully saturated rings. The molecule has 2 heterocycles. The van der Waals surface area contributed by atoms with Gasteiger partial charge in [0.15, 0.2) is 0 Å². The highest BCUT2D eigenvalue weighted by molar-refractivity contribution is 5.95. The first-order chi connectivity index (χ1) is 8.22. The van der Waals surface area contributed by atoms with Gasteiger partial charge < -0.3 is 9.64 Å². The Bertz CT molecular complexity index is 381. The topological polar surface area (TPSA) is 58.2 Å². The van der Waals surface area contributed by atoms with E-state index in [4.69, 9.17) is 4.74 Å². The van der Waals surface area contributed by atoms with Gasteiger partial charge in [0.05, 0.1) is 11.8 Å². The van der Waals surface area contributed by atoms with Crippen molar-refractivity contribution in [1.82, 2.24) is 15.1 Å². The minimum Gasteiger partial charge on any atom is -0.384 e. The first-order valence-corrected chi connectivity index (χ1v) is 6.00. The van der Waals surface area contributed by atoms with E-state index in [0.717, 1.165) is 38.2 Å². The number of carbonyl (C=O) groups is 1. The molecule has 17 heavy (non-hydrogen) atoms. The number of hydrogen-bond donors (Lipinski definition) is 1. The molecule has 0 aliphatic carbocycles. The maximum Gasteiger partial charge on any atom is 0.257 e. The van der Waals surface area contributed by atoms with Gasteiger partial charge in [-0.1, -0.05) is 0 Å². The van der Waals surface area contributed by atoms with Crippen molar-refractivity contribution in [3.05, 3.63) is 17.5 Å². The number of nitrogens with zero attached hydrogens (tertiary/aromatic N) is 2. The second-order valence-corrected chi connectivity index (χ2v) is 4.60. The van der Waals surface area contributed by atoms with Crippen LogP contribution in [0, 0.1) is 12.8 Å². The Hall–Kier alpha value is -1.36. The summed E-state index contributed by atoms with van der Waals surface area (Å²) in [5.74, 6) is 0.682. The first kappa shape index (κ1) is 12.1. The monoisotopic (exact) mass is 237 g/mol. The quantitative estimate of drug-likeness (QED) is 0.859. The van der Waals surface area contributed by atoms with E-state index in [9.17, 15) is 4.79 Å². The second-order valence-electron chi connectivity index (χ2n) is 4.60. The molecule has 1 amide bonds. The molecule has 5 heteroatoms. The van der Waals surface area contributed by atoms with Crippen molar-refractivity contribution in [2.24, 2.45) is 5.92 Å². The van der Waals surface area contributed by atoms with Crippen LogP contribution in [0.4, 0.5) is 0 Å². The Balaban J connectivity index is 1.93. The highest BCUT2D eigenvalue weighted by atomic mass is 16.5. The molecule has 5 nitrogen and oxygen atoms in total. The van der Waals surface area contributed by atoms with Crippen LogP contribution >= 0.6 is 0 Å². The van der Waals surface area contributed by atoms with E-state index in [-0.39, 0.29) is 5.91 Å². The average molecular weight is 237 g/mol. The summed E-state index contributed by atoms with van der Waals surface area (Å²) in [6.07, 6.45) is 3.66. The van der Waals surface area contributed by atoms with Crippen LogP contribution in [0.15, 0.2) is 6.20 Å². The number of aromatic amines is 1. The predicted molar refractivity (Wildman–Crippen MR) is 63.8 cm³/mol. The zero-order valence-corrected chi connectivity index (χ0v) is 10.4. The van der Waals surface area contributed by atoms with E-state index in [2.05, 4.69) is 10.2 Å². The smallest absolute Gasteiger partial charge is 0.257 e. The second kappa shape index (κ2) is 5.31. The zero-order chi connectivity index (χ0) is 12.3. The number of H-pyrrole nitrogens is 1. The minimum atomic E-state index is 0.0899. The van der Waals surface area contributed by atoms with E-state index < -0.39 is 0 Å². The number of nitrogens with one attached hydrogen (secondary N) is 1. The van der Waals surface area contributed by atoms with E-state index >= 15 is 0 Å². The van der Waals surface area contributed by atoms with Gasteiger partial charge >= 0.3 is 0 Å². The fraction of sp³-hybridized carbons (Fsp3) is 0.667. The fourth-order valence-corrected chi connectivity index (χ4v) is 2.28. The largest absolute Gasteiger partial charge is 0.384 e. The Morgan fingerprint density at radius 3 is 2.82 bits per heavy atom. The van der Waals surface area contributed by atoms with Crippen LogP contribution in [0.3, 0.4) is 0 Å². The summed E-state index contributed by atoms with van der Waals surface area (Å²) in [7, 11) is 1.73. The van der Waals surface area contributed by atoms with Gasteiger partial charge in [-0.3, -0.25) is 9.89 Å². The van der Waals surface area contributed by atoms with E-state index in [1.165, 1.54) is 0 Å². The molecule has 0 unspecified atom stereocenters. The standard InChI is InChI=1S/C12H19N3O2/c1-9-11(7-13-14-9)12(16)15-5-3-10(4-6-15)8-17-2/h7,10H,3-6,8H2,1-2H3,(H,13,14). The van der Waals surface area contributed by atoms with Crippen molar-refractivity contribution in [3.8, 4) is 0 Å². The summed E-state index contributed by atoms with van der Waals surface area (Å²) < 4.78 is 5.15. The molecule has 1 aliphatic rings. The third-order valence-electron chi connectivity index (χ3n) is 3.36. The third kappa shape index (κ3) is 2.66. The molecular formula is C12H19N3O2. The Morgan fingerprint density at radius 2 is 2.29 bits per heavy atom. The molecule has 1 aromatic rings. The molecule has 0 aromatic carbocycles. The van der Waals surface area contributed by atoms with Crippen molar-refractivity contribution in [3.63, 3.8) is 0 Å². The fourth-order valence-electron chi connectivity index (χ4n) is 2.28. The lowest BCUT2D eigenvalue weighted by Crippen LogP contribution is -2.39. The molecule has 1 aliphatic heterocycles. The summed E-state index contributed by atoms with van der Waals surface area (Å²) in [6.45, 7) is 4.31. The minimum absolute atomic E-state index is 0.0899. The number of amides is 1. The Morgan fingerprint density at radius 1 is 1.59 bits per heavy atom. The lowest BCUT2D eigenvalue weighted by atomic mass is 9.97. The maximum atomic E-state index is 12.2.